The fourth-order valence-electron chi connectivity index (χ4n) is 2.16. The summed E-state index contributed by atoms with van der Waals surface area (Å²) in [5.41, 5.74) is 8.11. The van der Waals surface area contributed by atoms with Crippen LogP contribution in [0.2, 0.25) is 0 Å². The van der Waals surface area contributed by atoms with Crippen LogP contribution in [0.5, 0.6) is 0 Å². The molecule has 1 aliphatic carbocycles. The molecule has 0 unspecified atom stereocenters. The lowest BCUT2D eigenvalue weighted by Gasteiger charge is -2.13. The zero-order valence-corrected chi connectivity index (χ0v) is 10.5. The lowest BCUT2D eigenvalue weighted by Crippen LogP contribution is -2.25. The molecule has 0 bridgehead atoms. The molecule has 0 fully saturated rings. The van der Waals surface area contributed by atoms with Crippen molar-refractivity contribution >= 4 is 11.6 Å². The third-order valence-electron chi connectivity index (χ3n) is 3.22. The molecule has 96 valence electrons. The van der Waals surface area contributed by atoms with Crippen molar-refractivity contribution in [2.24, 2.45) is 0 Å². The number of anilines is 1. The van der Waals surface area contributed by atoms with E-state index in [4.69, 9.17) is 5.73 Å². The number of nitrogens with two attached hydrogens (primary N) is 1. The van der Waals surface area contributed by atoms with Gasteiger partial charge in [0, 0.05) is 24.6 Å². The SMILES string of the molecule is Nc1ccncc1C(=O)NCCC1=CCCCC1. The third kappa shape index (κ3) is 3.32. The normalized spacial score (nSPS) is 15.0. The molecule has 0 aromatic carbocycles. The highest BCUT2D eigenvalue weighted by molar-refractivity contribution is 5.98. The van der Waals surface area contributed by atoms with Crippen molar-refractivity contribution in [2.45, 2.75) is 32.1 Å². The van der Waals surface area contributed by atoms with E-state index in [9.17, 15) is 4.79 Å². The van der Waals surface area contributed by atoms with Crippen LogP contribution < -0.4 is 11.1 Å². The molecule has 4 heteroatoms. The summed E-state index contributed by atoms with van der Waals surface area (Å²) < 4.78 is 0. The van der Waals surface area contributed by atoms with Gasteiger partial charge in [0.05, 0.1) is 5.56 Å². The quantitative estimate of drug-likeness (QED) is 0.800. The number of hydrogen-bond acceptors (Lipinski definition) is 3. The highest BCUT2D eigenvalue weighted by atomic mass is 16.1. The van der Waals surface area contributed by atoms with Gasteiger partial charge in [0.1, 0.15) is 0 Å². The van der Waals surface area contributed by atoms with Crippen molar-refractivity contribution in [1.29, 1.82) is 0 Å². The summed E-state index contributed by atoms with van der Waals surface area (Å²) in [4.78, 5) is 15.8. The van der Waals surface area contributed by atoms with Crippen LogP contribution >= 0.6 is 0 Å². The molecule has 1 aliphatic rings. The number of nitrogens with one attached hydrogen (secondary N) is 1. The average molecular weight is 245 g/mol. The number of pyridine rings is 1. The summed E-state index contributed by atoms with van der Waals surface area (Å²) in [7, 11) is 0. The predicted molar refractivity (Wildman–Crippen MR) is 72.2 cm³/mol. The van der Waals surface area contributed by atoms with Crippen molar-refractivity contribution in [1.82, 2.24) is 10.3 Å². The second-order valence-electron chi connectivity index (χ2n) is 4.58. The van der Waals surface area contributed by atoms with Crippen LogP contribution in [0.4, 0.5) is 5.69 Å². The first kappa shape index (κ1) is 12.6. The molecule has 1 aromatic heterocycles. The Kier molecular flexibility index (Phi) is 4.34. The van der Waals surface area contributed by atoms with E-state index >= 15 is 0 Å². The van der Waals surface area contributed by atoms with Gasteiger partial charge in [-0.25, -0.2) is 0 Å². The predicted octanol–water partition coefficient (Wildman–Crippen LogP) is 2.28. The van der Waals surface area contributed by atoms with E-state index in [0.29, 0.717) is 17.8 Å². The lowest BCUT2D eigenvalue weighted by atomic mass is 9.97. The summed E-state index contributed by atoms with van der Waals surface area (Å²) in [5.74, 6) is -0.142. The van der Waals surface area contributed by atoms with E-state index in [1.807, 2.05) is 0 Å². The zero-order valence-electron chi connectivity index (χ0n) is 10.5. The van der Waals surface area contributed by atoms with E-state index in [2.05, 4.69) is 16.4 Å². The Balaban J connectivity index is 1.82. The van der Waals surface area contributed by atoms with Crippen LogP contribution in [-0.2, 0) is 0 Å². The molecule has 0 aliphatic heterocycles. The molecule has 0 spiro atoms. The fraction of sp³-hybridized carbons (Fsp3) is 0.429. The van der Waals surface area contributed by atoms with Gasteiger partial charge in [-0.3, -0.25) is 9.78 Å². The average Bonchev–Trinajstić information content (AvgIpc) is 2.40. The standard InChI is InChI=1S/C14H19N3O/c15-13-7-8-16-10-12(13)14(18)17-9-6-11-4-2-1-3-5-11/h4,7-8,10H,1-3,5-6,9H2,(H2,15,16)(H,17,18). The van der Waals surface area contributed by atoms with Crippen LogP contribution in [0, 0.1) is 0 Å². The number of aromatic nitrogens is 1. The van der Waals surface area contributed by atoms with Gasteiger partial charge in [-0.1, -0.05) is 11.6 Å². The van der Waals surface area contributed by atoms with E-state index in [1.54, 1.807) is 12.3 Å². The number of nitrogen functional groups attached to an aromatic ring is 1. The molecule has 0 saturated heterocycles. The highest BCUT2D eigenvalue weighted by Crippen LogP contribution is 2.19. The van der Waals surface area contributed by atoms with Gasteiger partial charge < -0.3 is 11.1 Å². The summed E-state index contributed by atoms with van der Waals surface area (Å²) >= 11 is 0. The van der Waals surface area contributed by atoms with Gasteiger partial charge >= 0.3 is 0 Å². The molecule has 2 rings (SSSR count). The lowest BCUT2D eigenvalue weighted by molar-refractivity contribution is 0.0954. The van der Waals surface area contributed by atoms with E-state index in [1.165, 1.54) is 37.5 Å². The minimum atomic E-state index is -0.142. The van der Waals surface area contributed by atoms with E-state index < -0.39 is 0 Å². The Bertz CT molecular complexity index is 454. The minimum absolute atomic E-state index is 0.142. The molecule has 18 heavy (non-hydrogen) atoms. The first-order valence-electron chi connectivity index (χ1n) is 6.43. The number of allylic oxidation sites excluding steroid dienone is 1. The molecule has 4 nitrogen and oxygen atoms in total. The summed E-state index contributed by atoms with van der Waals surface area (Å²) in [6.45, 7) is 0.666. The van der Waals surface area contributed by atoms with Crippen molar-refractivity contribution in [3.63, 3.8) is 0 Å². The number of nitrogens with zero attached hydrogens (tertiary/aromatic N) is 1. The van der Waals surface area contributed by atoms with Gasteiger partial charge in [0.25, 0.3) is 5.91 Å². The van der Waals surface area contributed by atoms with Crippen LogP contribution in [0.1, 0.15) is 42.5 Å². The number of amides is 1. The number of carbonyl (C=O) groups is 1. The maximum Gasteiger partial charge on any atom is 0.254 e. The largest absolute Gasteiger partial charge is 0.398 e. The Hall–Kier alpha value is -1.84. The molecule has 0 atom stereocenters. The molecule has 3 N–H and O–H groups in total. The first-order chi connectivity index (χ1) is 8.77. The molecule has 0 radical (unpaired) electrons. The molecular weight excluding hydrogens is 226 g/mol. The van der Waals surface area contributed by atoms with Crippen LogP contribution in [-0.4, -0.2) is 17.4 Å². The fourth-order valence-corrected chi connectivity index (χ4v) is 2.16. The third-order valence-corrected chi connectivity index (χ3v) is 3.22. The van der Waals surface area contributed by atoms with Gasteiger partial charge in [0.15, 0.2) is 0 Å². The number of hydrogen-bond donors (Lipinski definition) is 2. The second kappa shape index (κ2) is 6.19. The molecular formula is C14H19N3O. The zero-order chi connectivity index (χ0) is 12.8. The molecule has 1 amide bonds. The Morgan fingerprint density at radius 2 is 2.33 bits per heavy atom. The van der Waals surface area contributed by atoms with Gasteiger partial charge in [-0.15, -0.1) is 0 Å². The number of rotatable bonds is 4. The maximum atomic E-state index is 11.9. The maximum absolute atomic E-state index is 11.9. The van der Waals surface area contributed by atoms with Crippen LogP contribution in [0.15, 0.2) is 30.1 Å². The topological polar surface area (TPSA) is 68.0 Å². The highest BCUT2D eigenvalue weighted by Gasteiger charge is 2.09. The monoisotopic (exact) mass is 245 g/mol. The summed E-state index contributed by atoms with van der Waals surface area (Å²) in [5, 5.41) is 2.89. The van der Waals surface area contributed by atoms with Crippen molar-refractivity contribution < 1.29 is 4.79 Å². The summed E-state index contributed by atoms with van der Waals surface area (Å²) in [6.07, 6.45) is 11.2. The number of carbonyl (C=O) groups excluding carboxylic acids is 1. The summed E-state index contributed by atoms with van der Waals surface area (Å²) in [6, 6.07) is 1.64. The van der Waals surface area contributed by atoms with Gasteiger partial charge in [-0.2, -0.15) is 0 Å². The second-order valence-corrected chi connectivity index (χ2v) is 4.58. The first-order valence-corrected chi connectivity index (χ1v) is 6.43. The molecule has 0 saturated carbocycles. The van der Waals surface area contributed by atoms with Crippen LogP contribution in [0.25, 0.3) is 0 Å². The smallest absolute Gasteiger partial charge is 0.254 e. The molecule has 1 heterocycles. The Morgan fingerprint density at radius 3 is 3.06 bits per heavy atom. The van der Waals surface area contributed by atoms with Gasteiger partial charge in [-0.05, 0) is 38.2 Å². The Labute approximate surface area is 107 Å². The minimum Gasteiger partial charge on any atom is -0.398 e. The van der Waals surface area contributed by atoms with Crippen molar-refractivity contribution in [3.8, 4) is 0 Å². The van der Waals surface area contributed by atoms with Crippen LogP contribution in [0.3, 0.4) is 0 Å². The van der Waals surface area contributed by atoms with Gasteiger partial charge in [0.2, 0.25) is 0 Å². The Morgan fingerprint density at radius 1 is 1.44 bits per heavy atom. The van der Waals surface area contributed by atoms with Crippen molar-refractivity contribution in [3.05, 3.63) is 35.7 Å². The van der Waals surface area contributed by atoms with E-state index in [-0.39, 0.29) is 5.91 Å². The van der Waals surface area contributed by atoms with Crippen molar-refractivity contribution in [2.75, 3.05) is 12.3 Å². The van der Waals surface area contributed by atoms with E-state index in [0.717, 1.165) is 6.42 Å². The molecule has 1 aromatic rings.